The highest BCUT2D eigenvalue weighted by Crippen LogP contribution is 2.08. The fraction of sp³-hybridized carbons (Fsp3) is 1.00. The molecule has 0 spiro atoms. The first-order chi connectivity index (χ1) is 9.14. The molecule has 5 nitrogen and oxygen atoms in total. The minimum Gasteiger partial charge on any atom is -0.381 e. The normalized spacial score (nSPS) is 20.6. The van der Waals surface area contributed by atoms with E-state index in [-0.39, 0.29) is 11.8 Å². The van der Waals surface area contributed by atoms with Crippen molar-refractivity contribution in [1.29, 1.82) is 0 Å². The lowest BCUT2D eigenvalue weighted by Crippen LogP contribution is -2.42. The first kappa shape index (κ1) is 16.9. The van der Waals surface area contributed by atoms with Crippen LogP contribution in [0.5, 0.6) is 0 Å². The van der Waals surface area contributed by atoms with Gasteiger partial charge in [0.05, 0.1) is 5.75 Å². The van der Waals surface area contributed by atoms with E-state index in [1.54, 1.807) is 0 Å². The zero-order valence-corrected chi connectivity index (χ0v) is 12.8. The van der Waals surface area contributed by atoms with E-state index in [4.69, 9.17) is 4.74 Å². The van der Waals surface area contributed by atoms with Crippen LogP contribution >= 0.6 is 0 Å². The van der Waals surface area contributed by atoms with E-state index >= 15 is 0 Å². The van der Waals surface area contributed by atoms with E-state index in [9.17, 15) is 8.42 Å². The number of nitrogens with one attached hydrogen (secondary N) is 2. The van der Waals surface area contributed by atoms with Crippen molar-refractivity contribution < 1.29 is 13.2 Å². The molecule has 0 amide bonds. The van der Waals surface area contributed by atoms with Gasteiger partial charge < -0.3 is 10.1 Å². The second-order valence-corrected chi connectivity index (χ2v) is 6.99. The topological polar surface area (TPSA) is 67.4 Å². The van der Waals surface area contributed by atoms with Crippen LogP contribution in [0.3, 0.4) is 0 Å². The predicted molar refractivity (Wildman–Crippen MR) is 77.8 cm³/mol. The third kappa shape index (κ3) is 8.57. The number of ether oxygens (including phenoxy) is 1. The van der Waals surface area contributed by atoms with Crippen LogP contribution in [0.4, 0.5) is 0 Å². The van der Waals surface area contributed by atoms with Crippen molar-refractivity contribution in [2.45, 2.75) is 51.5 Å². The summed E-state index contributed by atoms with van der Waals surface area (Å²) in [7, 11) is -3.15. The van der Waals surface area contributed by atoms with E-state index < -0.39 is 10.0 Å². The molecule has 6 heteroatoms. The summed E-state index contributed by atoms with van der Waals surface area (Å²) in [6.07, 6.45) is 6.17. The van der Waals surface area contributed by atoms with Gasteiger partial charge in [-0.25, -0.2) is 13.1 Å². The van der Waals surface area contributed by atoms with E-state index in [1.807, 2.05) is 0 Å². The van der Waals surface area contributed by atoms with Crippen molar-refractivity contribution in [3.63, 3.8) is 0 Å². The fourth-order valence-corrected chi connectivity index (χ4v) is 3.53. The minimum absolute atomic E-state index is 0.118. The van der Waals surface area contributed by atoms with Gasteiger partial charge >= 0.3 is 0 Å². The molecule has 1 aliphatic heterocycles. The first-order valence-corrected chi connectivity index (χ1v) is 9.08. The molecule has 19 heavy (non-hydrogen) atoms. The van der Waals surface area contributed by atoms with Crippen molar-refractivity contribution in [3.05, 3.63) is 0 Å². The molecule has 0 aromatic heterocycles. The van der Waals surface area contributed by atoms with Gasteiger partial charge in [-0.1, -0.05) is 19.8 Å². The lowest BCUT2D eigenvalue weighted by molar-refractivity contribution is 0.130. The zero-order valence-electron chi connectivity index (χ0n) is 12.0. The third-order valence-corrected chi connectivity index (χ3v) is 4.75. The van der Waals surface area contributed by atoms with Crippen LogP contribution < -0.4 is 10.0 Å². The SMILES string of the molecule is CCCCOCCCNS(=O)(=O)CC1CCCCN1. The fourth-order valence-electron chi connectivity index (χ4n) is 2.14. The molecule has 0 aliphatic carbocycles. The summed E-state index contributed by atoms with van der Waals surface area (Å²) < 4.78 is 31.7. The van der Waals surface area contributed by atoms with Gasteiger partial charge in [0.1, 0.15) is 0 Å². The van der Waals surface area contributed by atoms with Gasteiger partial charge in [0, 0.05) is 25.8 Å². The maximum Gasteiger partial charge on any atom is 0.213 e. The van der Waals surface area contributed by atoms with Crippen LogP contribution in [-0.2, 0) is 14.8 Å². The average molecular weight is 292 g/mol. The van der Waals surface area contributed by atoms with E-state index in [0.717, 1.165) is 51.7 Å². The molecule has 1 rings (SSSR count). The summed E-state index contributed by atoms with van der Waals surface area (Å²) in [6, 6.07) is 0.118. The monoisotopic (exact) mass is 292 g/mol. The summed E-state index contributed by atoms with van der Waals surface area (Å²) in [4.78, 5) is 0. The van der Waals surface area contributed by atoms with Crippen molar-refractivity contribution in [3.8, 4) is 0 Å². The minimum atomic E-state index is -3.15. The first-order valence-electron chi connectivity index (χ1n) is 7.42. The Morgan fingerprint density at radius 1 is 1.26 bits per heavy atom. The maximum atomic E-state index is 11.8. The van der Waals surface area contributed by atoms with Gasteiger partial charge in [-0.2, -0.15) is 0 Å². The number of rotatable bonds is 10. The molecule has 1 atom stereocenters. The van der Waals surface area contributed by atoms with Gasteiger partial charge in [-0.15, -0.1) is 0 Å². The molecule has 0 radical (unpaired) electrons. The number of unbranched alkanes of at least 4 members (excludes halogenated alkanes) is 1. The molecule has 0 saturated carbocycles. The van der Waals surface area contributed by atoms with Crippen molar-refractivity contribution >= 4 is 10.0 Å². The number of hydrogen-bond acceptors (Lipinski definition) is 4. The molecule has 114 valence electrons. The smallest absolute Gasteiger partial charge is 0.213 e. The van der Waals surface area contributed by atoms with Crippen LogP contribution in [0.2, 0.25) is 0 Å². The van der Waals surface area contributed by atoms with Crippen LogP contribution in [0.1, 0.15) is 45.4 Å². The molecule has 1 fully saturated rings. The van der Waals surface area contributed by atoms with Crippen molar-refractivity contribution in [1.82, 2.24) is 10.0 Å². The Hall–Kier alpha value is -0.170. The number of sulfonamides is 1. The molecular weight excluding hydrogens is 264 g/mol. The summed E-state index contributed by atoms with van der Waals surface area (Å²) >= 11 is 0. The third-order valence-electron chi connectivity index (χ3n) is 3.26. The number of piperidine rings is 1. The van der Waals surface area contributed by atoms with Crippen LogP contribution in [-0.4, -0.2) is 46.5 Å². The quantitative estimate of drug-likeness (QED) is 0.595. The van der Waals surface area contributed by atoms with Gasteiger partial charge in [-0.3, -0.25) is 0 Å². The lowest BCUT2D eigenvalue weighted by atomic mass is 10.1. The van der Waals surface area contributed by atoms with Crippen LogP contribution in [0, 0.1) is 0 Å². The second kappa shape index (κ2) is 9.69. The van der Waals surface area contributed by atoms with Gasteiger partial charge in [-0.05, 0) is 32.2 Å². The van der Waals surface area contributed by atoms with Gasteiger partial charge in [0.25, 0.3) is 0 Å². The molecule has 0 bridgehead atoms. The highest BCUT2D eigenvalue weighted by atomic mass is 32.2. The Morgan fingerprint density at radius 2 is 2.05 bits per heavy atom. The molecule has 0 aromatic carbocycles. The molecule has 1 unspecified atom stereocenters. The highest BCUT2D eigenvalue weighted by Gasteiger charge is 2.20. The maximum absolute atomic E-state index is 11.8. The van der Waals surface area contributed by atoms with Crippen LogP contribution in [0.15, 0.2) is 0 Å². The van der Waals surface area contributed by atoms with Crippen LogP contribution in [0.25, 0.3) is 0 Å². The van der Waals surface area contributed by atoms with Crippen molar-refractivity contribution in [2.75, 3.05) is 32.1 Å². The van der Waals surface area contributed by atoms with Gasteiger partial charge in [0.2, 0.25) is 10.0 Å². The molecule has 1 saturated heterocycles. The average Bonchev–Trinajstić information content (AvgIpc) is 2.38. The highest BCUT2D eigenvalue weighted by molar-refractivity contribution is 7.89. The molecule has 2 N–H and O–H groups in total. The van der Waals surface area contributed by atoms with E-state index in [2.05, 4.69) is 17.0 Å². The zero-order chi connectivity index (χ0) is 14.0. The molecule has 1 aliphatic rings. The summed E-state index contributed by atoms with van der Waals surface area (Å²) in [5.41, 5.74) is 0. The van der Waals surface area contributed by atoms with Crippen molar-refractivity contribution in [2.24, 2.45) is 0 Å². The van der Waals surface area contributed by atoms with E-state index in [0.29, 0.717) is 13.2 Å². The standard InChI is InChI=1S/C13H28N2O3S/c1-2-3-10-18-11-6-9-15-19(16,17)12-13-7-4-5-8-14-13/h13-15H,2-12H2,1H3. The van der Waals surface area contributed by atoms with E-state index in [1.165, 1.54) is 0 Å². The molecular formula is C13H28N2O3S. The molecule has 1 heterocycles. The largest absolute Gasteiger partial charge is 0.381 e. The Kier molecular flexibility index (Phi) is 8.61. The lowest BCUT2D eigenvalue weighted by Gasteiger charge is -2.23. The Morgan fingerprint density at radius 3 is 2.74 bits per heavy atom. The Labute approximate surface area is 117 Å². The summed E-state index contributed by atoms with van der Waals surface area (Å²) in [6.45, 7) is 4.93. The predicted octanol–water partition coefficient (Wildman–Crippen LogP) is 1.25. The number of hydrogen-bond donors (Lipinski definition) is 2. The van der Waals surface area contributed by atoms with Gasteiger partial charge in [0.15, 0.2) is 0 Å². The Bertz CT molecular complexity index is 314. The summed E-state index contributed by atoms with van der Waals surface area (Å²) in [5, 5.41) is 3.26. The summed E-state index contributed by atoms with van der Waals surface area (Å²) in [5.74, 6) is 0.198. The molecule has 0 aromatic rings. The Balaban J connectivity index is 2.06. The second-order valence-electron chi connectivity index (χ2n) is 5.14.